The molecule has 1 aliphatic heterocycles. The molecule has 0 saturated carbocycles. The maximum atomic E-state index is 15.8. The fourth-order valence-electron chi connectivity index (χ4n) is 5.34. The topological polar surface area (TPSA) is 88.4 Å². The summed E-state index contributed by atoms with van der Waals surface area (Å²) in [4.78, 5) is 38.6. The van der Waals surface area contributed by atoms with Crippen molar-refractivity contribution in [3.63, 3.8) is 0 Å². The van der Waals surface area contributed by atoms with Gasteiger partial charge in [0.1, 0.15) is 30.3 Å². The molecule has 1 saturated heterocycles. The lowest BCUT2D eigenvalue weighted by Gasteiger charge is -2.40. The van der Waals surface area contributed by atoms with Crippen molar-refractivity contribution >= 4 is 35.2 Å². The van der Waals surface area contributed by atoms with E-state index >= 15 is 4.39 Å². The number of aryl methyl sites for hydroxylation is 1. The minimum absolute atomic E-state index is 0.0560. The molecule has 11 heteroatoms. The fraction of sp³-hybridized carbons (Fsp3) is 0.267. The normalized spacial score (nSPS) is 15.8. The van der Waals surface area contributed by atoms with Gasteiger partial charge in [0, 0.05) is 36.5 Å². The molecule has 8 nitrogen and oxygen atoms in total. The molecular weight excluding hydrogens is 547 g/mol. The minimum Gasteiger partial charge on any atom is -0.350 e. The Morgan fingerprint density at radius 2 is 1.80 bits per heavy atom. The number of nitrogens with zero attached hydrogens (tertiary/aromatic N) is 5. The highest BCUT2D eigenvalue weighted by Crippen LogP contribution is 2.39. The van der Waals surface area contributed by atoms with Crippen molar-refractivity contribution in [2.75, 3.05) is 37.9 Å². The van der Waals surface area contributed by atoms with Crippen LogP contribution in [0.25, 0.3) is 28.0 Å². The lowest BCUT2D eigenvalue weighted by molar-refractivity contribution is -0.126. The van der Waals surface area contributed by atoms with Crippen molar-refractivity contribution in [2.24, 2.45) is 0 Å². The Balaban J connectivity index is 1.84. The molecule has 1 fully saturated rings. The number of carbonyl (C=O) groups is 1. The number of benzene rings is 2. The van der Waals surface area contributed by atoms with Gasteiger partial charge in [0.2, 0.25) is 5.91 Å². The first-order valence-electron chi connectivity index (χ1n) is 13.1. The first-order valence-corrected chi connectivity index (χ1v) is 15.7. The monoisotopic (exact) mass is 577 g/mol. The number of hydrogen-bond donors (Lipinski definition) is 0. The highest BCUT2D eigenvalue weighted by molar-refractivity contribution is 7.70. The molecule has 3 heterocycles. The molecule has 0 N–H and O–H groups in total. The van der Waals surface area contributed by atoms with Crippen LogP contribution < -0.4 is 15.9 Å². The Morgan fingerprint density at radius 1 is 1.07 bits per heavy atom. The van der Waals surface area contributed by atoms with Crippen LogP contribution in [-0.2, 0) is 9.36 Å². The summed E-state index contributed by atoms with van der Waals surface area (Å²) in [5, 5.41) is 0.674. The molecule has 0 spiro atoms. The van der Waals surface area contributed by atoms with Crippen LogP contribution >= 0.6 is 7.14 Å². The van der Waals surface area contributed by atoms with E-state index in [2.05, 4.69) is 16.5 Å². The predicted octanol–water partition coefficient (Wildman–Crippen LogP) is 4.51. The number of aromatic nitrogens is 3. The molecule has 0 radical (unpaired) electrons. The van der Waals surface area contributed by atoms with Gasteiger partial charge >= 0.3 is 5.69 Å². The summed E-state index contributed by atoms with van der Waals surface area (Å²) in [6.07, 6.45) is 1.25. The van der Waals surface area contributed by atoms with Crippen LogP contribution in [0.5, 0.6) is 0 Å². The van der Waals surface area contributed by atoms with E-state index in [4.69, 9.17) is 0 Å². The highest BCUT2D eigenvalue weighted by atomic mass is 31.2. The average molecular weight is 578 g/mol. The third kappa shape index (κ3) is 5.08. The van der Waals surface area contributed by atoms with Crippen LogP contribution in [0.1, 0.15) is 12.5 Å². The molecule has 2 aromatic carbocycles. The molecule has 1 atom stereocenters. The summed E-state index contributed by atoms with van der Waals surface area (Å²) in [6.45, 7) is 11.4. The second-order valence-corrected chi connectivity index (χ2v) is 13.7. The Hall–Kier alpha value is -4.17. The first-order chi connectivity index (χ1) is 19.4. The standard InChI is InChI=1S/C30H30F2N5O3P/c1-6-25(38)35-14-15-36(19(3)17-35)28-21-16-23(32)26(20-11-7-8-12-22(20)31)33-29(21)37(30(39)34-28)27-18(2)10-9-13-24(27)41(4,5)40/h6-13,16,19H,1,14-15,17H2,2-5H3/t19-/m0/s1. The SMILES string of the molecule is C=CC(=O)N1CCN(c2nc(=O)n(-c3c(C)cccc3P(C)(C)=O)c3nc(-c4ccccc4F)c(F)cc23)[C@@H](C)C1. The number of fused-ring (bicyclic) bond motifs is 1. The van der Waals surface area contributed by atoms with E-state index in [1.807, 2.05) is 11.8 Å². The molecule has 41 heavy (non-hydrogen) atoms. The number of piperazine rings is 1. The minimum atomic E-state index is -2.91. The van der Waals surface area contributed by atoms with Gasteiger partial charge in [-0.3, -0.25) is 4.79 Å². The summed E-state index contributed by atoms with van der Waals surface area (Å²) in [6, 6.07) is 11.9. The Labute approximate surface area is 236 Å². The van der Waals surface area contributed by atoms with Crippen LogP contribution in [-0.4, -0.2) is 64.3 Å². The van der Waals surface area contributed by atoms with Crippen LogP contribution in [0.3, 0.4) is 0 Å². The molecule has 212 valence electrons. The van der Waals surface area contributed by atoms with Crippen molar-refractivity contribution < 1.29 is 18.1 Å². The van der Waals surface area contributed by atoms with E-state index in [9.17, 15) is 18.5 Å². The zero-order chi connectivity index (χ0) is 29.6. The van der Waals surface area contributed by atoms with Gasteiger partial charge in [-0.25, -0.2) is 23.1 Å². The molecule has 4 aromatic rings. The summed E-state index contributed by atoms with van der Waals surface area (Å²) >= 11 is 0. The van der Waals surface area contributed by atoms with Gasteiger partial charge in [-0.05, 0) is 63.1 Å². The van der Waals surface area contributed by atoms with Gasteiger partial charge < -0.3 is 14.4 Å². The summed E-state index contributed by atoms with van der Waals surface area (Å²) in [5.41, 5.74) is 0.0284. The molecule has 1 aliphatic rings. The average Bonchev–Trinajstić information content (AvgIpc) is 2.92. The Bertz CT molecular complexity index is 1820. The zero-order valence-corrected chi connectivity index (χ0v) is 24.2. The van der Waals surface area contributed by atoms with Gasteiger partial charge in [-0.15, -0.1) is 0 Å². The number of amides is 1. The Kier molecular flexibility index (Phi) is 7.38. The number of rotatable bonds is 5. The number of para-hydroxylation sites is 1. The zero-order valence-electron chi connectivity index (χ0n) is 23.3. The molecular formula is C30H30F2N5O3P. The van der Waals surface area contributed by atoms with Gasteiger partial charge in [0.25, 0.3) is 0 Å². The predicted molar refractivity (Wildman–Crippen MR) is 158 cm³/mol. The first kappa shape index (κ1) is 28.4. The second kappa shape index (κ2) is 10.7. The van der Waals surface area contributed by atoms with E-state index in [1.54, 1.807) is 49.4 Å². The van der Waals surface area contributed by atoms with Crippen LogP contribution in [0.15, 0.2) is 66.0 Å². The molecule has 0 aliphatic carbocycles. The van der Waals surface area contributed by atoms with Crippen LogP contribution in [0, 0.1) is 18.6 Å². The quantitative estimate of drug-likeness (QED) is 0.256. The highest BCUT2D eigenvalue weighted by Gasteiger charge is 2.31. The lowest BCUT2D eigenvalue weighted by Crippen LogP contribution is -2.54. The lowest BCUT2D eigenvalue weighted by atomic mass is 10.1. The summed E-state index contributed by atoms with van der Waals surface area (Å²) in [7, 11) is -2.91. The molecule has 5 rings (SSSR count). The van der Waals surface area contributed by atoms with E-state index in [0.717, 1.165) is 0 Å². The van der Waals surface area contributed by atoms with E-state index in [0.29, 0.717) is 36.2 Å². The van der Waals surface area contributed by atoms with E-state index < -0.39 is 24.5 Å². The maximum absolute atomic E-state index is 15.8. The van der Waals surface area contributed by atoms with Gasteiger partial charge in [0.15, 0.2) is 5.65 Å². The van der Waals surface area contributed by atoms with Crippen molar-refractivity contribution in [1.82, 2.24) is 19.4 Å². The number of pyridine rings is 1. The van der Waals surface area contributed by atoms with Crippen molar-refractivity contribution in [3.05, 3.63) is 88.9 Å². The van der Waals surface area contributed by atoms with E-state index in [-0.39, 0.29) is 40.1 Å². The maximum Gasteiger partial charge on any atom is 0.355 e. The number of hydrogen-bond acceptors (Lipinski definition) is 6. The van der Waals surface area contributed by atoms with Crippen molar-refractivity contribution in [2.45, 2.75) is 19.9 Å². The summed E-state index contributed by atoms with van der Waals surface area (Å²) < 4.78 is 45.2. The number of halogens is 2. The summed E-state index contributed by atoms with van der Waals surface area (Å²) in [5.74, 6) is -1.45. The molecule has 0 bridgehead atoms. The van der Waals surface area contributed by atoms with Gasteiger partial charge in [-0.2, -0.15) is 4.98 Å². The second-order valence-electron chi connectivity index (χ2n) is 10.5. The van der Waals surface area contributed by atoms with E-state index in [1.165, 1.54) is 34.9 Å². The largest absolute Gasteiger partial charge is 0.355 e. The number of anilines is 1. The third-order valence-electron chi connectivity index (χ3n) is 7.34. The number of carbonyl (C=O) groups excluding carboxylic acids is 1. The van der Waals surface area contributed by atoms with Gasteiger partial charge in [0.05, 0.1) is 11.1 Å². The van der Waals surface area contributed by atoms with Crippen LogP contribution in [0.4, 0.5) is 14.6 Å². The van der Waals surface area contributed by atoms with Crippen molar-refractivity contribution in [1.29, 1.82) is 0 Å². The third-order valence-corrected chi connectivity index (χ3v) is 8.86. The van der Waals surface area contributed by atoms with Crippen molar-refractivity contribution in [3.8, 4) is 16.9 Å². The molecule has 2 aromatic heterocycles. The van der Waals surface area contributed by atoms with Gasteiger partial charge in [-0.1, -0.05) is 30.8 Å². The molecule has 0 unspecified atom stereocenters. The Morgan fingerprint density at radius 3 is 2.46 bits per heavy atom. The smallest absolute Gasteiger partial charge is 0.350 e. The molecule has 1 amide bonds. The van der Waals surface area contributed by atoms with Crippen LogP contribution in [0.2, 0.25) is 0 Å². The fourth-order valence-corrected chi connectivity index (χ4v) is 6.57.